The lowest BCUT2D eigenvalue weighted by Gasteiger charge is -2.14. The number of rotatable bonds is 8. The van der Waals surface area contributed by atoms with E-state index >= 15 is 0 Å². The molecule has 0 radical (unpaired) electrons. The molecule has 0 heterocycles. The first-order valence-corrected chi connectivity index (χ1v) is 6.59. The Labute approximate surface area is 105 Å². The van der Waals surface area contributed by atoms with Crippen LogP contribution in [0.1, 0.15) is 30.9 Å². The monoisotopic (exact) mass is 235 g/mol. The molecule has 0 aliphatic carbocycles. The van der Waals surface area contributed by atoms with Crippen LogP contribution in [0.15, 0.2) is 24.3 Å². The topological polar surface area (TPSA) is 35.2 Å². The van der Waals surface area contributed by atoms with Crippen molar-refractivity contribution in [2.75, 3.05) is 19.8 Å². The third-order valence-electron chi connectivity index (χ3n) is 3.08. The van der Waals surface area contributed by atoms with Gasteiger partial charge in [0.25, 0.3) is 0 Å². The second kappa shape index (κ2) is 8.26. The highest BCUT2D eigenvalue weighted by molar-refractivity contribution is 5.21. The second-order valence-electron chi connectivity index (χ2n) is 4.63. The largest absolute Gasteiger partial charge is 0.382 e. The summed E-state index contributed by atoms with van der Waals surface area (Å²) in [4.78, 5) is 0. The molecule has 2 nitrogen and oxygen atoms in total. The van der Waals surface area contributed by atoms with Crippen molar-refractivity contribution in [3.05, 3.63) is 35.4 Å². The molecular weight excluding hydrogens is 210 g/mol. The number of benzene rings is 1. The van der Waals surface area contributed by atoms with Gasteiger partial charge in [-0.05, 0) is 51.1 Å². The Morgan fingerprint density at radius 1 is 1.24 bits per heavy atom. The van der Waals surface area contributed by atoms with Gasteiger partial charge >= 0.3 is 0 Å². The van der Waals surface area contributed by atoms with Crippen molar-refractivity contribution in [2.45, 2.75) is 33.1 Å². The van der Waals surface area contributed by atoms with Gasteiger partial charge < -0.3 is 10.5 Å². The van der Waals surface area contributed by atoms with E-state index in [9.17, 15) is 0 Å². The van der Waals surface area contributed by atoms with Gasteiger partial charge in [0, 0.05) is 13.2 Å². The van der Waals surface area contributed by atoms with Gasteiger partial charge in [0.05, 0.1) is 0 Å². The molecule has 0 saturated carbocycles. The molecule has 0 bridgehead atoms. The van der Waals surface area contributed by atoms with E-state index in [1.165, 1.54) is 11.1 Å². The van der Waals surface area contributed by atoms with Crippen molar-refractivity contribution >= 4 is 0 Å². The summed E-state index contributed by atoms with van der Waals surface area (Å²) >= 11 is 0. The van der Waals surface area contributed by atoms with Crippen LogP contribution in [-0.4, -0.2) is 19.8 Å². The fourth-order valence-electron chi connectivity index (χ4n) is 1.98. The highest BCUT2D eigenvalue weighted by Gasteiger charge is 2.07. The molecular formula is C15H25NO. The minimum atomic E-state index is 0.582. The van der Waals surface area contributed by atoms with Gasteiger partial charge in [-0.15, -0.1) is 0 Å². The van der Waals surface area contributed by atoms with E-state index in [0.29, 0.717) is 5.92 Å². The van der Waals surface area contributed by atoms with E-state index < -0.39 is 0 Å². The summed E-state index contributed by atoms with van der Waals surface area (Å²) in [5, 5.41) is 0. The van der Waals surface area contributed by atoms with Crippen LogP contribution in [0.3, 0.4) is 0 Å². The second-order valence-corrected chi connectivity index (χ2v) is 4.63. The van der Waals surface area contributed by atoms with E-state index in [2.05, 4.69) is 31.2 Å². The Balaban J connectivity index is 2.33. The van der Waals surface area contributed by atoms with Gasteiger partial charge in [0.2, 0.25) is 0 Å². The molecule has 2 N–H and O–H groups in total. The van der Waals surface area contributed by atoms with Crippen LogP contribution < -0.4 is 5.73 Å². The SMILES string of the molecule is CCOCCCC(CN)Cc1ccc(C)cc1. The van der Waals surface area contributed by atoms with Gasteiger partial charge in [-0.3, -0.25) is 0 Å². The fourth-order valence-corrected chi connectivity index (χ4v) is 1.98. The number of nitrogens with two attached hydrogens (primary N) is 1. The summed E-state index contributed by atoms with van der Waals surface area (Å²) in [6.45, 7) is 6.59. The molecule has 0 aromatic heterocycles. The van der Waals surface area contributed by atoms with E-state index in [1.807, 2.05) is 6.92 Å². The molecule has 1 aromatic rings. The van der Waals surface area contributed by atoms with Crippen LogP contribution in [0.2, 0.25) is 0 Å². The zero-order valence-electron chi connectivity index (χ0n) is 11.1. The molecule has 0 spiro atoms. The van der Waals surface area contributed by atoms with Crippen LogP contribution in [0.4, 0.5) is 0 Å². The van der Waals surface area contributed by atoms with Crippen molar-refractivity contribution in [1.29, 1.82) is 0 Å². The molecule has 0 fully saturated rings. The molecule has 2 heteroatoms. The van der Waals surface area contributed by atoms with Crippen LogP contribution in [0, 0.1) is 12.8 Å². The number of hydrogen-bond donors (Lipinski definition) is 1. The molecule has 17 heavy (non-hydrogen) atoms. The molecule has 96 valence electrons. The van der Waals surface area contributed by atoms with Gasteiger partial charge in [-0.2, -0.15) is 0 Å². The lowest BCUT2D eigenvalue weighted by Crippen LogP contribution is -2.17. The predicted molar refractivity (Wildman–Crippen MR) is 73.2 cm³/mol. The summed E-state index contributed by atoms with van der Waals surface area (Å²) in [6, 6.07) is 8.76. The summed E-state index contributed by atoms with van der Waals surface area (Å²) < 4.78 is 5.35. The number of hydrogen-bond acceptors (Lipinski definition) is 2. The highest BCUT2D eigenvalue weighted by Crippen LogP contribution is 2.14. The van der Waals surface area contributed by atoms with E-state index in [-0.39, 0.29) is 0 Å². The molecule has 0 amide bonds. The molecule has 0 aliphatic rings. The maximum Gasteiger partial charge on any atom is 0.0466 e. The van der Waals surface area contributed by atoms with Gasteiger partial charge in [0.1, 0.15) is 0 Å². The van der Waals surface area contributed by atoms with Crippen LogP contribution in [-0.2, 0) is 11.2 Å². The van der Waals surface area contributed by atoms with Crippen LogP contribution >= 0.6 is 0 Å². The molecule has 0 saturated heterocycles. The number of ether oxygens (including phenoxy) is 1. The van der Waals surface area contributed by atoms with Crippen molar-refractivity contribution < 1.29 is 4.74 Å². The molecule has 1 aromatic carbocycles. The summed E-state index contributed by atoms with van der Waals surface area (Å²) in [6.07, 6.45) is 3.36. The van der Waals surface area contributed by atoms with Gasteiger partial charge in [-0.1, -0.05) is 29.8 Å². The minimum absolute atomic E-state index is 0.582. The number of aryl methyl sites for hydroxylation is 1. The minimum Gasteiger partial charge on any atom is -0.382 e. The fraction of sp³-hybridized carbons (Fsp3) is 0.600. The normalized spacial score (nSPS) is 12.6. The summed E-state index contributed by atoms with van der Waals surface area (Å²) in [7, 11) is 0. The lowest BCUT2D eigenvalue weighted by molar-refractivity contribution is 0.139. The van der Waals surface area contributed by atoms with Gasteiger partial charge in [-0.25, -0.2) is 0 Å². The average Bonchev–Trinajstić information content (AvgIpc) is 2.35. The Bertz CT molecular complexity index is 294. The Morgan fingerprint density at radius 3 is 2.53 bits per heavy atom. The average molecular weight is 235 g/mol. The smallest absolute Gasteiger partial charge is 0.0466 e. The first kappa shape index (κ1) is 14.2. The third-order valence-corrected chi connectivity index (χ3v) is 3.08. The lowest BCUT2D eigenvalue weighted by atomic mass is 9.94. The third kappa shape index (κ3) is 5.85. The highest BCUT2D eigenvalue weighted by atomic mass is 16.5. The first-order valence-electron chi connectivity index (χ1n) is 6.59. The van der Waals surface area contributed by atoms with Crippen molar-refractivity contribution in [3.8, 4) is 0 Å². The van der Waals surface area contributed by atoms with Crippen LogP contribution in [0.25, 0.3) is 0 Å². The van der Waals surface area contributed by atoms with E-state index in [4.69, 9.17) is 10.5 Å². The van der Waals surface area contributed by atoms with Crippen molar-refractivity contribution in [2.24, 2.45) is 11.7 Å². The molecule has 0 aliphatic heterocycles. The maximum atomic E-state index is 5.82. The molecule has 1 atom stereocenters. The van der Waals surface area contributed by atoms with Crippen LogP contribution in [0.5, 0.6) is 0 Å². The van der Waals surface area contributed by atoms with Crippen molar-refractivity contribution in [1.82, 2.24) is 0 Å². The quantitative estimate of drug-likeness (QED) is 0.703. The summed E-state index contributed by atoms with van der Waals surface area (Å²) in [5.74, 6) is 0.582. The first-order chi connectivity index (χ1) is 8.26. The van der Waals surface area contributed by atoms with E-state index in [1.54, 1.807) is 0 Å². The van der Waals surface area contributed by atoms with Gasteiger partial charge in [0.15, 0.2) is 0 Å². The Kier molecular flexibility index (Phi) is 6.90. The predicted octanol–water partition coefficient (Wildman–Crippen LogP) is 2.93. The summed E-state index contributed by atoms with van der Waals surface area (Å²) in [5.41, 5.74) is 8.53. The standard InChI is InChI=1S/C15H25NO/c1-3-17-10-4-5-15(12-16)11-14-8-6-13(2)7-9-14/h6-9,15H,3-5,10-12,16H2,1-2H3. The Hall–Kier alpha value is -0.860. The Morgan fingerprint density at radius 2 is 1.94 bits per heavy atom. The molecule has 1 unspecified atom stereocenters. The maximum absolute atomic E-state index is 5.82. The molecule has 1 rings (SSSR count). The van der Waals surface area contributed by atoms with E-state index in [0.717, 1.165) is 39.0 Å². The zero-order chi connectivity index (χ0) is 12.5. The van der Waals surface area contributed by atoms with Crippen molar-refractivity contribution in [3.63, 3.8) is 0 Å². The zero-order valence-corrected chi connectivity index (χ0v) is 11.1.